The van der Waals surface area contributed by atoms with Crippen LogP contribution >= 0.6 is 0 Å². The number of hydrogen-bond acceptors (Lipinski definition) is 6. The summed E-state index contributed by atoms with van der Waals surface area (Å²) in [7, 11) is -3.53. The number of nitrogens with zero attached hydrogens (tertiary/aromatic N) is 2. The Morgan fingerprint density at radius 1 is 1.17 bits per heavy atom. The Kier molecular flexibility index (Phi) is 6.70. The molecule has 3 rings (SSSR count). The van der Waals surface area contributed by atoms with E-state index in [9.17, 15) is 23.4 Å². The van der Waals surface area contributed by atoms with Gasteiger partial charge in [-0.2, -0.15) is 9.41 Å². The van der Waals surface area contributed by atoms with Gasteiger partial charge in [-0.05, 0) is 31.2 Å². The minimum atomic E-state index is -3.53. The van der Waals surface area contributed by atoms with Crippen molar-refractivity contribution in [3.05, 3.63) is 53.6 Å². The molecule has 2 aromatic rings. The van der Waals surface area contributed by atoms with Gasteiger partial charge < -0.3 is 15.1 Å². The second-order valence-electron chi connectivity index (χ2n) is 7.18. The van der Waals surface area contributed by atoms with Crippen LogP contribution in [0.25, 0.3) is 0 Å². The summed E-state index contributed by atoms with van der Waals surface area (Å²) in [4.78, 5) is 13.3. The summed E-state index contributed by atoms with van der Waals surface area (Å²) in [5.41, 5.74) is 3.75. The average Bonchev–Trinajstić information content (AvgIpc) is 2.70. The number of nitrogens with one attached hydrogen (secondary N) is 2. The number of aromatic hydroxyl groups is 2. The lowest BCUT2D eigenvalue weighted by Gasteiger charge is -2.31. The topological polar surface area (TPSA) is 124 Å². The standard InChI is InChI=1S/C20H24N4O5S/c1-15-2-6-18(7-3-15)30(28,29)24-10-8-23(9-11-24)14-20(27)22-21-13-16-4-5-17(25)12-19(16)26/h2-7,12-13,25-26H,8-11,14H2,1H3,(H,22,27)/p+1/b21-13+. The molecule has 0 atom stereocenters. The number of phenols is 2. The maximum Gasteiger partial charge on any atom is 0.295 e. The van der Waals surface area contributed by atoms with Gasteiger partial charge in [0.2, 0.25) is 10.0 Å². The first-order valence-corrected chi connectivity index (χ1v) is 10.9. The number of benzene rings is 2. The van der Waals surface area contributed by atoms with Crippen molar-refractivity contribution in [2.45, 2.75) is 11.8 Å². The first-order valence-electron chi connectivity index (χ1n) is 9.50. The van der Waals surface area contributed by atoms with Crippen molar-refractivity contribution in [2.24, 2.45) is 5.10 Å². The fraction of sp³-hybridized carbons (Fsp3) is 0.300. The van der Waals surface area contributed by atoms with E-state index in [4.69, 9.17) is 0 Å². The van der Waals surface area contributed by atoms with Crippen molar-refractivity contribution < 1.29 is 28.3 Å². The second kappa shape index (κ2) is 9.24. The molecule has 4 N–H and O–H groups in total. The van der Waals surface area contributed by atoms with Crippen molar-refractivity contribution in [2.75, 3.05) is 32.7 Å². The maximum atomic E-state index is 12.7. The number of piperazine rings is 1. The van der Waals surface area contributed by atoms with Crippen LogP contribution in [0.2, 0.25) is 0 Å². The Hall–Kier alpha value is -2.95. The summed E-state index contributed by atoms with van der Waals surface area (Å²) in [6, 6.07) is 10.8. The summed E-state index contributed by atoms with van der Waals surface area (Å²) in [5.74, 6) is -0.528. The molecule has 0 bridgehead atoms. The summed E-state index contributed by atoms with van der Waals surface area (Å²) in [5, 5.41) is 22.8. The summed E-state index contributed by atoms with van der Waals surface area (Å²) in [6.45, 7) is 3.77. The van der Waals surface area contributed by atoms with Crippen molar-refractivity contribution in [3.8, 4) is 11.5 Å². The highest BCUT2D eigenvalue weighted by atomic mass is 32.2. The Bertz CT molecular complexity index is 1030. The van der Waals surface area contributed by atoms with Crippen molar-refractivity contribution in [3.63, 3.8) is 0 Å². The predicted octanol–water partition coefficient (Wildman–Crippen LogP) is -0.554. The van der Waals surface area contributed by atoms with Crippen LogP contribution in [0.1, 0.15) is 11.1 Å². The van der Waals surface area contributed by atoms with E-state index in [1.54, 1.807) is 24.3 Å². The molecule has 0 saturated carbocycles. The van der Waals surface area contributed by atoms with Gasteiger partial charge in [0.1, 0.15) is 11.5 Å². The minimum Gasteiger partial charge on any atom is -0.508 e. The largest absolute Gasteiger partial charge is 0.508 e. The van der Waals surface area contributed by atoms with Crippen LogP contribution < -0.4 is 10.3 Å². The molecular formula is C20H25N4O5S+. The van der Waals surface area contributed by atoms with Crippen molar-refractivity contribution in [1.82, 2.24) is 9.73 Å². The molecule has 1 amide bonds. The van der Waals surface area contributed by atoms with Gasteiger partial charge in [-0.25, -0.2) is 13.8 Å². The molecule has 0 aliphatic carbocycles. The fourth-order valence-electron chi connectivity index (χ4n) is 3.16. The van der Waals surface area contributed by atoms with Gasteiger partial charge in [0.25, 0.3) is 5.91 Å². The van der Waals surface area contributed by atoms with Crippen LogP contribution in [0.15, 0.2) is 52.5 Å². The lowest BCUT2D eigenvalue weighted by molar-refractivity contribution is -0.895. The Morgan fingerprint density at radius 3 is 2.47 bits per heavy atom. The summed E-state index contributed by atoms with van der Waals surface area (Å²) in [6.07, 6.45) is 1.29. The van der Waals surface area contributed by atoms with Gasteiger partial charge in [-0.15, -0.1) is 0 Å². The zero-order chi connectivity index (χ0) is 21.7. The monoisotopic (exact) mass is 433 g/mol. The molecular weight excluding hydrogens is 408 g/mol. The third-order valence-electron chi connectivity index (χ3n) is 4.91. The first-order chi connectivity index (χ1) is 14.3. The zero-order valence-electron chi connectivity index (χ0n) is 16.6. The molecule has 10 heteroatoms. The molecule has 2 aromatic carbocycles. The smallest absolute Gasteiger partial charge is 0.295 e. The summed E-state index contributed by atoms with van der Waals surface area (Å²) < 4.78 is 26.9. The lowest BCUT2D eigenvalue weighted by atomic mass is 10.2. The molecule has 1 fully saturated rings. The SMILES string of the molecule is Cc1ccc(S(=O)(=O)N2CC[NH+](CC(=O)N/N=C/c3ccc(O)cc3O)CC2)cc1. The molecule has 9 nitrogen and oxygen atoms in total. The third-order valence-corrected chi connectivity index (χ3v) is 6.82. The normalized spacial score (nSPS) is 16.0. The number of aryl methyl sites for hydroxylation is 1. The van der Waals surface area contributed by atoms with Gasteiger partial charge in [-0.1, -0.05) is 17.7 Å². The number of carbonyl (C=O) groups is 1. The molecule has 160 valence electrons. The molecule has 0 unspecified atom stereocenters. The van der Waals surface area contributed by atoms with Crippen LogP contribution in [-0.2, 0) is 14.8 Å². The highest BCUT2D eigenvalue weighted by Gasteiger charge is 2.31. The molecule has 0 aromatic heterocycles. The molecule has 30 heavy (non-hydrogen) atoms. The summed E-state index contributed by atoms with van der Waals surface area (Å²) >= 11 is 0. The average molecular weight is 434 g/mol. The number of carbonyl (C=O) groups excluding carboxylic acids is 1. The van der Waals surface area contributed by atoms with Gasteiger partial charge in [0, 0.05) is 11.6 Å². The quantitative estimate of drug-likeness (QED) is 0.359. The maximum absolute atomic E-state index is 12.7. The molecule has 0 spiro atoms. The number of hydrazone groups is 1. The van der Waals surface area contributed by atoms with Gasteiger partial charge in [0.05, 0.1) is 37.3 Å². The van der Waals surface area contributed by atoms with Crippen LogP contribution in [0.4, 0.5) is 0 Å². The van der Waals surface area contributed by atoms with Crippen LogP contribution in [0.3, 0.4) is 0 Å². The number of hydrogen-bond donors (Lipinski definition) is 4. The fourth-order valence-corrected chi connectivity index (χ4v) is 4.60. The minimum absolute atomic E-state index is 0.0687. The number of sulfonamides is 1. The van der Waals surface area contributed by atoms with Crippen LogP contribution in [0.5, 0.6) is 11.5 Å². The Labute approximate surface area is 175 Å². The second-order valence-corrected chi connectivity index (χ2v) is 9.12. The van der Waals surface area contributed by atoms with E-state index in [0.717, 1.165) is 10.5 Å². The van der Waals surface area contributed by atoms with Crippen LogP contribution in [0, 0.1) is 6.92 Å². The Morgan fingerprint density at radius 2 is 1.83 bits per heavy atom. The van der Waals surface area contributed by atoms with Gasteiger partial charge in [0.15, 0.2) is 6.54 Å². The number of quaternary nitrogens is 1. The molecule has 1 aliphatic rings. The van der Waals surface area contributed by atoms with Crippen molar-refractivity contribution >= 4 is 22.1 Å². The van der Waals surface area contributed by atoms with E-state index in [0.29, 0.717) is 31.7 Å². The number of phenolic OH excluding ortho intramolecular Hbond substituents is 2. The number of rotatable bonds is 6. The van der Waals surface area contributed by atoms with Gasteiger partial charge >= 0.3 is 0 Å². The molecule has 0 radical (unpaired) electrons. The van der Waals surface area contributed by atoms with E-state index in [-0.39, 0.29) is 28.8 Å². The third kappa shape index (κ3) is 5.35. The molecule has 1 saturated heterocycles. The first kappa shape index (κ1) is 21.8. The number of amides is 1. The zero-order valence-corrected chi connectivity index (χ0v) is 17.4. The highest BCUT2D eigenvalue weighted by molar-refractivity contribution is 7.89. The molecule has 1 aliphatic heterocycles. The van der Waals surface area contributed by atoms with E-state index in [1.165, 1.54) is 28.7 Å². The van der Waals surface area contributed by atoms with Gasteiger partial charge in [-0.3, -0.25) is 4.79 Å². The lowest BCUT2D eigenvalue weighted by Crippen LogP contribution is -3.15. The van der Waals surface area contributed by atoms with E-state index < -0.39 is 10.0 Å². The molecule has 1 heterocycles. The van der Waals surface area contributed by atoms with Crippen molar-refractivity contribution in [1.29, 1.82) is 0 Å². The van der Waals surface area contributed by atoms with E-state index in [1.807, 2.05) is 6.92 Å². The highest BCUT2D eigenvalue weighted by Crippen LogP contribution is 2.20. The Balaban J connectivity index is 1.48. The van der Waals surface area contributed by atoms with E-state index in [2.05, 4.69) is 10.5 Å². The predicted molar refractivity (Wildman–Crippen MR) is 111 cm³/mol. The van der Waals surface area contributed by atoms with Crippen LogP contribution in [-0.4, -0.2) is 67.8 Å². The van der Waals surface area contributed by atoms with E-state index >= 15 is 0 Å².